The molecule has 0 bridgehead atoms. The Bertz CT molecular complexity index is 309. The van der Waals surface area contributed by atoms with E-state index in [2.05, 4.69) is 48.5 Å². The first-order chi connectivity index (χ1) is 10.2. The van der Waals surface area contributed by atoms with Crippen LogP contribution in [0.5, 0.6) is 0 Å². The van der Waals surface area contributed by atoms with Gasteiger partial charge in [-0.3, -0.25) is 0 Å². The molecule has 1 aliphatic rings. The van der Waals surface area contributed by atoms with Gasteiger partial charge < -0.3 is 9.47 Å². The third-order valence-electron chi connectivity index (χ3n) is 5.13. The standard InChI is InChI=1S/C20H40O2/c1-8-11-18-21-16(15-19(4,5)12-9-2)14-17(22-18)20(6,7)13-10-3/h16-18H,8-15H2,1-7H3. The van der Waals surface area contributed by atoms with Gasteiger partial charge in [-0.05, 0) is 36.5 Å². The molecule has 0 aromatic rings. The van der Waals surface area contributed by atoms with E-state index in [1.54, 1.807) is 0 Å². The summed E-state index contributed by atoms with van der Waals surface area (Å²) < 4.78 is 12.6. The zero-order chi connectivity index (χ0) is 16.8. The van der Waals surface area contributed by atoms with Crippen molar-refractivity contribution in [3.63, 3.8) is 0 Å². The van der Waals surface area contributed by atoms with Crippen molar-refractivity contribution in [1.29, 1.82) is 0 Å². The Morgan fingerprint density at radius 3 is 2.05 bits per heavy atom. The molecule has 1 saturated heterocycles. The van der Waals surface area contributed by atoms with Gasteiger partial charge in [-0.1, -0.05) is 67.7 Å². The molecule has 0 amide bonds. The van der Waals surface area contributed by atoms with Gasteiger partial charge in [0.25, 0.3) is 0 Å². The summed E-state index contributed by atoms with van der Waals surface area (Å²) in [4.78, 5) is 0. The summed E-state index contributed by atoms with van der Waals surface area (Å²) in [6.07, 6.45) is 10.0. The molecule has 3 unspecified atom stereocenters. The topological polar surface area (TPSA) is 18.5 Å². The van der Waals surface area contributed by atoms with Crippen LogP contribution < -0.4 is 0 Å². The van der Waals surface area contributed by atoms with E-state index in [9.17, 15) is 0 Å². The molecule has 0 radical (unpaired) electrons. The fourth-order valence-electron chi connectivity index (χ4n) is 3.99. The summed E-state index contributed by atoms with van der Waals surface area (Å²) in [5.74, 6) is 0. The molecular weight excluding hydrogens is 272 g/mol. The van der Waals surface area contributed by atoms with E-state index in [1.165, 1.54) is 25.7 Å². The first-order valence-electron chi connectivity index (χ1n) is 9.55. The van der Waals surface area contributed by atoms with Crippen LogP contribution in [-0.2, 0) is 9.47 Å². The van der Waals surface area contributed by atoms with Crippen molar-refractivity contribution in [2.24, 2.45) is 10.8 Å². The molecule has 1 heterocycles. The Morgan fingerprint density at radius 1 is 0.864 bits per heavy atom. The summed E-state index contributed by atoms with van der Waals surface area (Å²) in [6.45, 7) is 16.3. The Morgan fingerprint density at radius 2 is 1.50 bits per heavy atom. The number of hydrogen-bond donors (Lipinski definition) is 0. The van der Waals surface area contributed by atoms with Crippen molar-refractivity contribution in [2.45, 2.75) is 118 Å². The second-order valence-corrected chi connectivity index (χ2v) is 8.69. The third kappa shape index (κ3) is 6.20. The molecule has 0 N–H and O–H groups in total. The maximum atomic E-state index is 6.33. The van der Waals surface area contributed by atoms with Crippen LogP contribution in [0.15, 0.2) is 0 Å². The zero-order valence-corrected chi connectivity index (χ0v) is 16.2. The molecule has 1 aliphatic heterocycles. The highest BCUT2D eigenvalue weighted by molar-refractivity contribution is 4.86. The van der Waals surface area contributed by atoms with Gasteiger partial charge in [0.15, 0.2) is 6.29 Å². The second kappa shape index (κ2) is 8.68. The first kappa shape index (κ1) is 20.0. The van der Waals surface area contributed by atoms with Crippen molar-refractivity contribution in [3.05, 3.63) is 0 Å². The van der Waals surface area contributed by atoms with E-state index in [4.69, 9.17) is 9.47 Å². The van der Waals surface area contributed by atoms with Crippen LogP contribution in [-0.4, -0.2) is 18.5 Å². The first-order valence-corrected chi connectivity index (χ1v) is 9.55. The van der Waals surface area contributed by atoms with Gasteiger partial charge in [0.2, 0.25) is 0 Å². The van der Waals surface area contributed by atoms with E-state index in [0.29, 0.717) is 17.6 Å². The van der Waals surface area contributed by atoms with Gasteiger partial charge in [-0.2, -0.15) is 0 Å². The van der Waals surface area contributed by atoms with Gasteiger partial charge in [0, 0.05) is 6.42 Å². The summed E-state index contributed by atoms with van der Waals surface area (Å²) >= 11 is 0. The van der Waals surface area contributed by atoms with E-state index >= 15 is 0 Å². The molecular formula is C20H40O2. The zero-order valence-electron chi connectivity index (χ0n) is 16.2. The van der Waals surface area contributed by atoms with Crippen molar-refractivity contribution >= 4 is 0 Å². The highest BCUT2D eigenvalue weighted by atomic mass is 16.7. The molecule has 0 saturated carbocycles. The van der Waals surface area contributed by atoms with Gasteiger partial charge in [-0.15, -0.1) is 0 Å². The SMILES string of the molecule is CCCC1OC(CC(C)(C)CCC)CC(C(C)(C)CCC)O1. The number of rotatable bonds is 9. The van der Waals surface area contributed by atoms with E-state index in [0.717, 1.165) is 25.7 Å². The maximum absolute atomic E-state index is 6.33. The molecule has 22 heavy (non-hydrogen) atoms. The predicted molar refractivity (Wildman–Crippen MR) is 95.1 cm³/mol. The van der Waals surface area contributed by atoms with E-state index in [1.807, 2.05) is 0 Å². The molecule has 1 rings (SSSR count). The van der Waals surface area contributed by atoms with Crippen LogP contribution in [0.1, 0.15) is 99.8 Å². The van der Waals surface area contributed by atoms with Crippen molar-refractivity contribution < 1.29 is 9.47 Å². The molecule has 2 heteroatoms. The van der Waals surface area contributed by atoms with Gasteiger partial charge in [0.05, 0.1) is 12.2 Å². The number of hydrogen-bond acceptors (Lipinski definition) is 2. The lowest BCUT2D eigenvalue weighted by Gasteiger charge is -2.45. The van der Waals surface area contributed by atoms with Gasteiger partial charge >= 0.3 is 0 Å². The Kier molecular flexibility index (Phi) is 7.88. The summed E-state index contributed by atoms with van der Waals surface area (Å²) in [5, 5.41) is 0. The summed E-state index contributed by atoms with van der Waals surface area (Å²) in [6, 6.07) is 0. The minimum absolute atomic E-state index is 0.00214. The van der Waals surface area contributed by atoms with Crippen LogP contribution in [0.2, 0.25) is 0 Å². The van der Waals surface area contributed by atoms with Crippen LogP contribution in [0.4, 0.5) is 0 Å². The van der Waals surface area contributed by atoms with E-state index in [-0.39, 0.29) is 11.7 Å². The van der Waals surface area contributed by atoms with Gasteiger partial charge in [-0.25, -0.2) is 0 Å². The third-order valence-corrected chi connectivity index (χ3v) is 5.13. The van der Waals surface area contributed by atoms with Crippen molar-refractivity contribution in [2.75, 3.05) is 0 Å². The Balaban J connectivity index is 2.76. The molecule has 0 spiro atoms. The summed E-state index contributed by atoms with van der Waals surface area (Å²) in [5.41, 5.74) is 0.616. The molecule has 132 valence electrons. The lowest BCUT2D eigenvalue weighted by atomic mass is 9.76. The molecule has 1 fully saturated rings. The minimum atomic E-state index is 0.00214. The predicted octanol–water partition coefficient (Wildman–Crippen LogP) is 6.33. The fourth-order valence-corrected chi connectivity index (χ4v) is 3.99. The normalized spacial score (nSPS) is 27.1. The lowest BCUT2D eigenvalue weighted by molar-refractivity contribution is -0.270. The average molecular weight is 313 g/mol. The van der Waals surface area contributed by atoms with Crippen LogP contribution in [0.3, 0.4) is 0 Å². The largest absolute Gasteiger partial charge is 0.349 e. The highest BCUT2D eigenvalue weighted by Gasteiger charge is 2.39. The quantitative estimate of drug-likeness (QED) is 0.495. The maximum Gasteiger partial charge on any atom is 0.158 e. The Hall–Kier alpha value is -0.0800. The molecule has 0 aliphatic carbocycles. The highest BCUT2D eigenvalue weighted by Crippen LogP contribution is 2.40. The monoisotopic (exact) mass is 312 g/mol. The average Bonchev–Trinajstić information content (AvgIpc) is 2.37. The van der Waals surface area contributed by atoms with Gasteiger partial charge in [0.1, 0.15) is 0 Å². The van der Waals surface area contributed by atoms with Crippen molar-refractivity contribution in [3.8, 4) is 0 Å². The number of ether oxygens (including phenoxy) is 2. The van der Waals surface area contributed by atoms with Crippen LogP contribution in [0, 0.1) is 10.8 Å². The minimum Gasteiger partial charge on any atom is -0.349 e. The molecule has 3 atom stereocenters. The fraction of sp³-hybridized carbons (Fsp3) is 1.00. The molecule has 2 nitrogen and oxygen atoms in total. The van der Waals surface area contributed by atoms with Crippen LogP contribution in [0.25, 0.3) is 0 Å². The van der Waals surface area contributed by atoms with Crippen molar-refractivity contribution in [1.82, 2.24) is 0 Å². The lowest BCUT2D eigenvalue weighted by Crippen LogP contribution is -2.46. The summed E-state index contributed by atoms with van der Waals surface area (Å²) in [7, 11) is 0. The van der Waals surface area contributed by atoms with E-state index < -0.39 is 0 Å². The second-order valence-electron chi connectivity index (χ2n) is 8.69. The smallest absolute Gasteiger partial charge is 0.158 e. The van der Waals surface area contributed by atoms with Crippen LogP contribution >= 0.6 is 0 Å². The molecule has 0 aromatic carbocycles. The Labute approximate surface area is 139 Å². The molecule has 0 aromatic heterocycles.